The number of nitrogens with zero attached hydrogens (tertiary/aromatic N) is 2. The first kappa shape index (κ1) is 14.5. The van der Waals surface area contributed by atoms with Gasteiger partial charge in [-0.15, -0.1) is 12.6 Å². The Hall–Kier alpha value is -0.940. The third-order valence-electron chi connectivity index (χ3n) is 2.92. The van der Waals surface area contributed by atoms with E-state index in [4.69, 9.17) is 0 Å². The van der Waals surface area contributed by atoms with Crippen molar-refractivity contribution < 1.29 is 0 Å². The first-order chi connectivity index (χ1) is 8.90. The summed E-state index contributed by atoms with van der Waals surface area (Å²) in [5, 5.41) is 0. The Morgan fingerprint density at radius 3 is 2.63 bits per heavy atom. The van der Waals surface area contributed by atoms with Crippen LogP contribution < -0.4 is 5.69 Å². The largest absolute Gasteiger partial charge is 0.332 e. The van der Waals surface area contributed by atoms with E-state index in [-0.39, 0.29) is 5.69 Å². The van der Waals surface area contributed by atoms with Gasteiger partial charge in [0.1, 0.15) is 0 Å². The second kappa shape index (κ2) is 5.59. The van der Waals surface area contributed by atoms with Gasteiger partial charge in [-0.3, -0.25) is 9.13 Å². The van der Waals surface area contributed by atoms with Crippen molar-refractivity contribution in [2.45, 2.75) is 32.2 Å². The molecule has 0 bridgehead atoms. The Morgan fingerprint density at radius 2 is 2.05 bits per heavy atom. The molecule has 0 saturated carbocycles. The highest BCUT2D eigenvalue weighted by Crippen LogP contribution is 2.22. The SMILES string of the molecule is Cc1cn(-c2ccc(Br)cc2S)c(=O)n1CC(C)C. The molecule has 2 rings (SSSR count). The van der Waals surface area contributed by atoms with Gasteiger partial charge in [0, 0.05) is 27.8 Å². The van der Waals surface area contributed by atoms with Crippen molar-refractivity contribution >= 4 is 28.6 Å². The molecule has 102 valence electrons. The lowest BCUT2D eigenvalue weighted by atomic mass is 10.2. The minimum absolute atomic E-state index is 0.0103. The topological polar surface area (TPSA) is 26.9 Å². The van der Waals surface area contributed by atoms with E-state index in [9.17, 15) is 4.79 Å². The van der Waals surface area contributed by atoms with Crippen molar-refractivity contribution in [2.75, 3.05) is 0 Å². The zero-order valence-electron chi connectivity index (χ0n) is 11.2. The van der Waals surface area contributed by atoms with E-state index in [1.54, 1.807) is 9.13 Å². The van der Waals surface area contributed by atoms with Gasteiger partial charge in [-0.25, -0.2) is 4.79 Å². The second-order valence-electron chi connectivity index (χ2n) is 5.06. The van der Waals surface area contributed by atoms with Gasteiger partial charge in [0.25, 0.3) is 0 Å². The highest BCUT2D eigenvalue weighted by Gasteiger charge is 2.12. The molecule has 0 amide bonds. The predicted octanol–water partition coefficient (Wildman–Crippen LogP) is 3.65. The molecule has 0 atom stereocenters. The molecule has 0 aliphatic rings. The van der Waals surface area contributed by atoms with Crippen molar-refractivity contribution in [3.63, 3.8) is 0 Å². The van der Waals surface area contributed by atoms with Crippen LogP contribution in [0.4, 0.5) is 0 Å². The molecular formula is C14H17BrN2OS. The Kier molecular flexibility index (Phi) is 4.26. The van der Waals surface area contributed by atoms with E-state index in [2.05, 4.69) is 42.4 Å². The molecule has 0 aliphatic carbocycles. The number of hydrogen-bond acceptors (Lipinski definition) is 2. The summed E-state index contributed by atoms with van der Waals surface area (Å²) in [7, 11) is 0. The zero-order chi connectivity index (χ0) is 14.2. The number of thiol groups is 1. The molecule has 0 radical (unpaired) electrons. The van der Waals surface area contributed by atoms with Crippen LogP contribution in [0.3, 0.4) is 0 Å². The molecule has 1 aromatic carbocycles. The summed E-state index contributed by atoms with van der Waals surface area (Å²) in [4.78, 5) is 13.2. The number of benzene rings is 1. The fraction of sp³-hybridized carbons (Fsp3) is 0.357. The fourth-order valence-corrected chi connectivity index (χ4v) is 2.91. The van der Waals surface area contributed by atoms with Gasteiger partial charge in [0.2, 0.25) is 0 Å². The monoisotopic (exact) mass is 340 g/mol. The van der Waals surface area contributed by atoms with Crippen LogP contribution in [0.25, 0.3) is 5.69 Å². The fourth-order valence-electron chi connectivity index (χ4n) is 2.05. The van der Waals surface area contributed by atoms with Gasteiger partial charge < -0.3 is 0 Å². The van der Waals surface area contributed by atoms with Crippen LogP contribution in [0.1, 0.15) is 19.5 Å². The molecule has 2 aromatic rings. The lowest BCUT2D eigenvalue weighted by Crippen LogP contribution is -2.25. The third-order valence-corrected chi connectivity index (χ3v) is 3.77. The first-order valence-electron chi connectivity index (χ1n) is 6.18. The Bertz CT molecular complexity index is 658. The number of imidazole rings is 1. The average molecular weight is 341 g/mol. The Labute approximate surface area is 126 Å². The number of rotatable bonds is 3. The molecule has 3 nitrogen and oxygen atoms in total. The van der Waals surface area contributed by atoms with Crippen LogP contribution in [0, 0.1) is 12.8 Å². The Balaban J connectivity index is 2.55. The number of halogens is 1. The molecular weight excluding hydrogens is 324 g/mol. The molecule has 0 aliphatic heterocycles. The van der Waals surface area contributed by atoms with Gasteiger partial charge in [0.15, 0.2) is 0 Å². The summed E-state index contributed by atoms with van der Waals surface area (Å²) in [5.74, 6) is 0.438. The minimum Gasteiger partial charge on any atom is -0.296 e. The number of hydrogen-bond donors (Lipinski definition) is 1. The highest BCUT2D eigenvalue weighted by molar-refractivity contribution is 9.10. The summed E-state index contributed by atoms with van der Waals surface area (Å²) in [6.45, 7) is 6.90. The normalized spacial score (nSPS) is 11.3. The molecule has 0 spiro atoms. The van der Waals surface area contributed by atoms with Gasteiger partial charge >= 0.3 is 5.69 Å². The summed E-state index contributed by atoms with van der Waals surface area (Å²) in [6, 6.07) is 5.70. The lowest BCUT2D eigenvalue weighted by Gasteiger charge is -2.07. The lowest BCUT2D eigenvalue weighted by molar-refractivity contribution is 0.501. The highest BCUT2D eigenvalue weighted by atomic mass is 79.9. The van der Waals surface area contributed by atoms with Gasteiger partial charge in [-0.05, 0) is 31.0 Å². The summed E-state index contributed by atoms with van der Waals surface area (Å²) >= 11 is 7.84. The molecule has 0 N–H and O–H groups in total. The van der Waals surface area contributed by atoms with E-state index in [1.807, 2.05) is 31.3 Å². The van der Waals surface area contributed by atoms with Crippen molar-refractivity contribution in [2.24, 2.45) is 5.92 Å². The maximum atomic E-state index is 12.4. The number of aromatic nitrogens is 2. The van der Waals surface area contributed by atoms with Gasteiger partial charge in [0.05, 0.1) is 5.69 Å². The average Bonchev–Trinajstić information content (AvgIpc) is 2.57. The van der Waals surface area contributed by atoms with Crippen molar-refractivity contribution in [3.05, 3.63) is 45.0 Å². The van der Waals surface area contributed by atoms with Crippen LogP contribution in [0.5, 0.6) is 0 Å². The van der Waals surface area contributed by atoms with E-state index < -0.39 is 0 Å². The standard InChI is InChI=1S/C14H17BrN2OS/c1-9(2)7-16-10(3)8-17(14(16)18)12-5-4-11(15)6-13(12)19/h4-6,8-9,19H,7H2,1-3H3. The second-order valence-corrected chi connectivity index (χ2v) is 6.46. The van der Waals surface area contributed by atoms with Crippen LogP contribution in [-0.2, 0) is 6.54 Å². The molecule has 1 aromatic heterocycles. The van der Waals surface area contributed by atoms with Crippen LogP contribution in [0.15, 0.2) is 38.6 Å². The van der Waals surface area contributed by atoms with Gasteiger partial charge in [-0.2, -0.15) is 0 Å². The zero-order valence-corrected chi connectivity index (χ0v) is 13.7. The summed E-state index contributed by atoms with van der Waals surface area (Å²) in [6.07, 6.45) is 1.87. The quantitative estimate of drug-likeness (QED) is 0.848. The van der Waals surface area contributed by atoms with Crippen molar-refractivity contribution in [1.29, 1.82) is 0 Å². The van der Waals surface area contributed by atoms with Crippen LogP contribution in [-0.4, -0.2) is 9.13 Å². The molecule has 1 heterocycles. The minimum atomic E-state index is -0.0103. The molecule has 0 saturated heterocycles. The van der Waals surface area contributed by atoms with Crippen LogP contribution >= 0.6 is 28.6 Å². The molecule has 0 unspecified atom stereocenters. The smallest absolute Gasteiger partial charge is 0.296 e. The van der Waals surface area contributed by atoms with E-state index in [0.29, 0.717) is 5.92 Å². The van der Waals surface area contributed by atoms with E-state index in [0.717, 1.165) is 27.3 Å². The van der Waals surface area contributed by atoms with E-state index in [1.165, 1.54) is 0 Å². The van der Waals surface area contributed by atoms with E-state index >= 15 is 0 Å². The van der Waals surface area contributed by atoms with Gasteiger partial charge in [-0.1, -0.05) is 29.8 Å². The summed E-state index contributed by atoms with van der Waals surface area (Å²) in [5.41, 5.74) is 1.76. The Morgan fingerprint density at radius 1 is 1.37 bits per heavy atom. The maximum Gasteiger partial charge on any atom is 0.332 e. The van der Waals surface area contributed by atoms with Crippen LogP contribution in [0.2, 0.25) is 0 Å². The molecule has 0 fully saturated rings. The first-order valence-corrected chi connectivity index (χ1v) is 7.42. The number of aryl methyl sites for hydroxylation is 1. The summed E-state index contributed by atoms with van der Waals surface area (Å²) < 4.78 is 4.42. The maximum absolute atomic E-state index is 12.4. The third kappa shape index (κ3) is 2.98. The van der Waals surface area contributed by atoms with Crippen molar-refractivity contribution in [1.82, 2.24) is 9.13 Å². The predicted molar refractivity (Wildman–Crippen MR) is 84.6 cm³/mol. The van der Waals surface area contributed by atoms with Crippen molar-refractivity contribution in [3.8, 4) is 5.69 Å². The molecule has 5 heteroatoms. The molecule has 19 heavy (non-hydrogen) atoms.